The second-order valence-corrected chi connectivity index (χ2v) is 6.77. The molecular weight excluding hydrogens is 393 g/mol. The van der Waals surface area contributed by atoms with Crippen molar-refractivity contribution in [2.75, 3.05) is 10.6 Å². The first kappa shape index (κ1) is 19.6. The number of alkyl halides is 3. The van der Waals surface area contributed by atoms with Gasteiger partial charge in [-0.2, -0.15) is 13.2 Å². The molecule has 1 aromatic heterocycles. The number of pyridine rings is 1. The molecule has 1 aliphatic rings. The number of benzene rings is 2. The maximum absolute atomic E-state index is 13.6. The molecule has 2 N–H and O–H groups in total. The molecule has 0 radical (unpaired) electrons. The highest BCUT2D eigenvalue weighted by molar-refractivity contribution is 6.12. The minimum Gasteiger partial charge on any atom is -0.380 e. The van der Waals surface area contributed by atoms with Crippen LogP contribution in [0.15, 0.2) is 72.0 Å². The molecule has 0 spiro atoms. The summed E-state index contributed by atoms with van der Waals surface area (Å²) in [5, 5.41) is 5.54. The van der Waals surface area contributed by atoms with Gasteiger partial charge in [0, 0.05) is 36.5 Å². The molecule has 0 saturated heterocycles. The van der Waals surface area contributed by atoms with Gasteiger partial charge in [0.15, 0.2) is 0 Å². The number of hydrogen-bond donors (Lipinski definition) is 2. The zero-order chi connectivity index (χ0) is 21.1. The fourth-order valence-electron chi connectivity index (χ4n) is 3.24. The predicted molar refractivity (Wildman–Crippen MR) is 109 cm³/mol. The summed E-state index contributed by atoms with van der Waals surface area (Å²) in [6.07, 6.45) is 0.00336. The number of amides is 1. The van der Waals surface area contributed by atoms with Crippen molar-refractivity contribution >= 4 is 29.2 Å². The Labute approximate surface area is 170 Å². The molecular formula is C22H17F3N4O. The Morgan fingerprint density at radius 2 is 1.97 bits per heavy atom. The average molecular weight is 410 g/mol. The molecule has 0 bridgehead atoms. The molecule has 30 heavy (non-hydrogen) atoms. The van der Waals surface area contributed by atoms with E-state index in [9.17, 15) is 18.0 Å². The molecule has 152 valence electrons. The average Bonchev–Trinajstić information content (AvgIpc) is 3.06. The number of carbonyl (C=O) groups excluding carboxylic acids is 1. The van der Waals surface area contributed by atoms with Crippen LogP contribution in [0.2, 0.25) is 0 Å². The van der Waals surface area contributed by atoms with Crippen LogP contribution in [0.4, 0.5) is 30.2 Å². The third-order valence-electron chi connectivity index (χ3n) is 4.72. The van der Waals surface area contributed by atoms with Gasteiger partial charge in [0.25, 0.3) is 0 Å². The zero-order valence-corrected chi connectivity index (χ0v) is 15.6. The molecule has 0 aliphatic carbocycles. The van der Waals surface area contributed by atoms with Crippen molar-refractivity contribution in [3.05, 3.63) is 83.7 Å². The molecule has 5 nitrogen and oxygen atoms in total. The van der Waals surface area contributed by atoms with E-state index in [1.165, 1.54) is 18.3 Å². The number of aliphatic imine (C=N–C) groups is 1. The second kappa shape index (κ2) is 7.98. The molecule has 1 unspecified atom stereocenters. The lowest BCUT2D eigenvalue weighted by Crippen LogP contribution is -2.13. The van der Waals surface area contributed by atoms with Crippen LogP contribution in [-0.4, -0.2) is 17.1 Å². The number of carbonyl (C=O) groups is 1. The van der Waals surface area contributed by atoms with Crippen molar-refractivity contribution in [3.63, 3.8) is 0 Å². The fourth-order valence-corrected chi connectivity index (χ4v) is 3.24. The van der Waals surface area contributed by atoms with Crippen LogP contribution < -0.4 is 10.6 Å². The highest BCUT2D eigenvalue weighted by Gasteiger charge is 2.34. The van der Waals surface area contributed by atoms with Gasteiger partial charge in [-0.15, -0.1) is 0 Å². The van der Waals surface area contributed by atoms with Gasteiger partial charge in [-0.3, -0.25) is 14.8 Å². The molecule has 1 atom stereocenters. The van der Waals surface area contributed by atoms with Gasteiger partial charge < -0.3 is 10.6 Å². The number of anilines is 2. The first-order valence-electron chi connectivity index (χ1n) is 9.20. The van der Waals surface area contributed by atoms with Crippen LogP contribution in [0.1, 0.15) is 22.6 Å². The van der Waals surface area contributed by atoms with Crippen LogP contribution in [0.3, 0.4) is 0 Å². The van der Waals surface area contributed by atoms with Gasteiger partial charge in [0.05, 0.1) is 11.3 Å². The van der Waals surface area contributed by atoms with E-state index in [1.807, 2.05) is 0 Å². The Hall–Kier alpha value is -3.68. The molecule has 1 aliphatic heterocycles. The van der Waals surface area contributed by atoms with Crippen molar-refractivity contribution in [3.8, 4) is 0 Å². The number of nitrogens with zero attached hydrogens (tertiary/aromatic N) is 2. The number of halogens is 3. The van der Waals surface area contributed by atoms with E-state index in [-0.39, 0.29) is 23.8 Å². The van der Waals surface area contributed by atoms with Crippen LogP contribution in [-0.2, 0) is 17.5 Å². The minimum atomic E-state index is -4.56. The van der Waals surface area contributed by atoms with E-state index in [4.69, 9.17) is 0 Å². The summed E-state index contributed by atoms with van der Waals surface area (Å²) in [5.74, 6) is -0.898. The Balaban J connectivity index is 1.57. The van der Waals surface area contributed by atoms with Crippen molar-refractivity contribution < 1.29 is 18.0 Å². The zero-order valence-electron chi connectivity index (χ0n) is 15.6. The van der Waals surface area contributed by atoms with Gasteiger partial charge in [-0.1, -0.05) is 24.3 Å². The van der Waals surface area contributed by atoms with Crippen LogP contribution >= 0.6 is 0 Å². The number of hydrogen-bond acceptors (Lipinski definition) is 4. The summed E-state index contributed by atoms with van der Waals surface area (Å²) in [5.41, 5.74) is 1.44. The third-order valence-corrected chi connectivity index (χ3v) is 4.72. The minimum absolute atomic E-state index is 0.0470. The summed E-state index contributed by atoms with van der Waals surface area (Å²) < 4.78 is 40.8. The van der Waals surface area contributed by atoms with E-state index in [0.717, 1.165) is 17.2 Å². The highest BCUT2D eigenvalue weighted by atomic mass is 19.4. The largest absolute Gasteiger partial charge is 0.418 e. The summed E-state index contributed by atoms with van der Waals surface area (Å²) in [7, 11) is 0. The number of fused-ring (bicyclic) bond motifs is 1. The summed E-state index contributed by atoms with van der Waals surface area (Å²) in [6, 6.07) is 14.4. The quantitative estimate of drug-likeness (QED) is 0.572. The topological polar surface area (TPSA) is 66.4 Å². The molecule has 0 fully saturated rings. The normalized spacial score (nSPS) is 15.8. The number of aromatic nitrogens is 1. The molecule has 2 aromatic carbocycles. The van der Waals surface area contributed by atoms with Crippen molar-refractivity contribution in [1.82, 2.24) is 4.98 Å². The maximum atomic E-state index is 13.6. The lowest BCUT2D eigenvalue weighted by atomic mass is 10.0. The second-order valence-electron chi connectivity index (χ2n) is 6.77. The van der Waals surface area contributed by atoms with Gasteiger partial charge in [-0.05, 0) is 41.5 Å². The van der Waals surface area contributed by atoms with Crippen LogP contribution in [0.25, 0.3) is 0 Å². The summed E-state index contributed by atoms with van der Waals surface area (Å²) in [6.45, 7) is 0.207. The van der Waals surface area contributed by atoms with Gasteiger partial charge in [0.2, 0.25) is 5.91 Å². The van der Waals surface area contributed by atoms with Crippen molar-refractivity contribution in [2.45, 2.75) is 18.6 Å². The van der Waals surface area contributed by atoms with E-state index in [0.29, 0.717) is 5.69 Å². The molecule has 4 rings (SSSR count). The number of rotatable bonds is 5. The summed E-state index contributed by atoms with van der Waals surface area (Å²) >= 11 is 0. The maximum Gasteiger partial charge on any atom is 0.418 e. The van der Waals surface area contributed by atoms with E-state index < -0.39 is 17.7 Å². The van der Waals surface area contributed by atoms with Gasteiger partial charge >= 0.3 is 6.18 Å². The Morgan fingerprint density at radius 1 is 1.13 bits per heavy atom. The monoisotopic (exact) mass is 410 g/mol. The predicted octanol–water partition coefficient (Wildman–Crippen LogP) is 5.15. The third kappa shape index (κ3) is 4.17. The number of para-hydroxylation sites is 1. The Kier molecular flexibility index (Phi) is 5.22. The highest BCUT2D eigenvalue weighted by Crippen LogP contribution is 2.38. The smallest absolute Gasteiger partial charge is 0.380 e. The molecule has 0 saturated carbocycles. The Morgan fingerprint density at radius 3 is 2.73 bits per heavy atom. The van der Waals surface area contributed by atoms with Crippen molar-refractivity contribution in [1.29, 1.82) is 0 Å². The van der Waals surface area contributed by atoms with Crippen LogP contribution in [0.5, 0.6) is 0 Å². The molecule has 8 heteroatoms. The van der Waals surface area contributed by atoms with Crippen LogP contribution in [0, 0.1) is 0 Å². The standard InChI is InChI=1S/C22H17F3N4O/c23-22(24,25)18-10-15(7-8-20(18)28-12-14-4-3-9-26-11-14)27-13-17-16-5-1-2-6-19(16)29-21(17)30/h1-11,13,17,28H,12H2,(H,29,30). The van der Waals surface area contributed by atoms with E-state index in [2.05, 4.69) is 20.6 Å². The molecule has 3 aromatic rings. The van der Waals surface area contributed by atoms with E-state index >= 15 is 0 Å². The van der Waals surface area contributed by atoms with Gasteiger partial charge in [-0.25, -0.2) is 0 Å². The van der Waals surface area contributed by atoms with E-state index in [1.54, 1.807) is 48.8 Å². The molecule has 1 amide bonds. The van der Waals surface area contributed by atoms with Crippen molar-refractivity contribution in [2.24, 2.45) is 4.99 Å². The van der Waals surface area contributed by atoms with Gasteiger partial charge in [0.1, 0.15) is 5.92 Å². The fraction of sp³-hybridized carbons (Fsp3) is 0.136. The first-order chi connectivity index (χ1) is 14.4. The summed E-state index contributed by atoms with van der Waals surface area (Å²) in [4.78, 5) is 20.3. The SMILES string of the molecule is O=C1Nc2ccccc2C1C=Nc1ccc(NCc2cccnc2)c(C(F)(F)F)c1. The lowest BCUT2D eigenvalue weighted by Gasteiger charge is -2.15. The Bertz CT molecular complexity index is 1100. The molecule has 2 heterocycles. The number of nitrogens with one attached hydrogen (secondary N) is 2. The lowest BCUT2D eigenvalue weighted by molar-refractivity contribution is -0.137. The first-order valence-corrected chi connectivity index (χ1v) is 9.20.